The number of alkyl halides is 1. The summed E-state index contributed by atoms with van der Waals surface area (Å²) < 4.78 is 2.19. The molecule has 0 N–H and O–H groups in total. The molecule has 0 fully saturated rings. The average molecular weight is 314 g/mol. The van der Waals surface area contributed by atoms with E-state index >= 15 is 0 Å². The molecule has 0 aliphatic carbocycles. The minimum Gasteiger partial charge on any atom is -0.323 e. The van der Waals surface area contributed by atoms with Crippen LogP contribution in [0, 0.1) is 0 Å². The summed E-state index contributed by atoms with van der Waals surface area (Å²) in [7, 11) is 4.16. The van der Waals surface area contributed by atoms with Crippen LogP contribution >= 0.6 is 23.2 Å². The van der Waals surface area contributed by atoms with Crippen LogP contribution in [-0.2, 0) is 0 Å². The lowest BCUT2D eigenvalue weighted by molar-refractivity contribution is 0.357. The third kappa shape index (κ3) is 3.11. The van der Waals surface area contributed by atoms with Crippen LogP contribution in [0.15, 0.2) is 18.2 Å². The van der Waals surface area contributed by atoms with Gasteiger partial charge in [-0.1, -0.05) is 17.7 Å². The van der Waals surface area contributed by atoms with Crippen LogP contribution in [0.4, 0.5) is 0 Å². The molecular formula is C15H21Cl2N3. The summed E-state index contributed by atoms with van der Waals surface area (Å²) in [4.78, 5) is 6.84. The van der Waals surface area contributed by atoms with Gasteiger partial charge in [0.05, 0.1) is 21.4 Å². The van der Waals surface area contributed by atoms with E-state index in [1.54, 1.807) is 0 Å². The molecule has 2 rings (SSSR count). The Morgan fingerprint density at radius 2 is 2.00 bits per heavy atom. The molecule has 0 bridgehead atoms. The average Bonchev–Trinajstić information content (AvgIpc) is 2.77. The first-order valence-electron chi connectivity index (χ1n) is 6.87. The fraction of sp³-hybridized carbons (Fsp3) is 0.533. The van der Waals surface area contributed by atoms with Gasteiger partial charge in [0, 0.05) is 6.04 Å². The van der Waals surface area contributed by atoms with E-state index in [0.29, 0.717) is 6.04 Å². The van der Waals surface area contributed by atoms with Crippen LogP contribution in [0.2, 0.25) is 5.02 Å². The van der Waals surface area contributed by atoms with Crippen molar-refractivity contribution in [3.63, 3.8) is 0 Å². The van der Waals surface area contributed by atoms with Gasteiger partial charge in [-0.15, -0.1) is 11.6 Å². The Kier molecular flexibility index (Phi) is 4.95. The van der Waals surface area contributed by atoms with Gasteiger partial charge >= 0.3 is 0 Å². The lowest BCUT2D eigenvalue weighted by Crippen LogP contribution is -2.18. The molecule has 0 spiro atoms. The predicted molar refractivity (Wildman–Crippen MR) is 86.9 cm³/mol. The Morgan fingerprint density at radius 3 is 2.60 bits per heavy atom. The van der Waals surface area contributed by atoms with Gasteiger partial charge in [0.1, 0.15) is 5.82 Å². The number of hydrogen-bond donors (Lipinski definition) is 0. The van der Waals surface area contributed by atoms with Gasteiger partial charge < -0.3 is 9.47 Å². The molecule has 0 amide bonds. The van der Waals surface area contributed by atoms with Crippen molar-refractivity contribution in [3.05, 3.63) is 29.0 Å². The zero-order valence-corrected chi connectivity index (χ0v) is 13.9. The minimum atomic E-state index is -0.139. The summed E-state index contributed by atoms with van der Waals surface area (Å²) in [6, 6.07) is 6.12. The molecule has 5 heteroatoms. The summed E-state index contributed by atoms with van der Waals surface area (Å²) in [5.41, 5.74) is 1.90. The highest BCUT2D eigenvalue weighted by atomic mass is 35.5. The number of nitrogens with zero attached hydrogens (tertiary/aromatic N) is 3. The van der Waals surface area contributed by atoms with Crippen molar-refractivity contribution >= 4 is 34.2 Å². The molecule has 1 aromatic carbocycles. The van der Waals surface area contributed by atoms with E-state index in [2.05, 4.69) is 35.5 Å². The number of para-hydroxylation sites is 1. The number of rotatable bonds is 5. The summed E-state index contributed by atoms with van der Waals surface area (Å²) in [6.45, 7) is 5.16. The maximum absolute atomic E-state index is 6.37. The van der Waals surface area contributed by atoms with E-state index in [-0.39, 0.29) is 5.38 Å². The molecule has 0 aliphatic heterocycles. The second-order valence-electron chi connectivity index (χ2n) is 5.50. The van der Waals surface area contributed by atoms with E-state index in [4.69, 9.17) is 23.2 Å². The summed E-state index contributed by atoms with van der Waals surface area (Å²) in [6.07, 6.45) is 1.03. The Balaban J connectivity index is 2.50. The smallest absolute Gasteiger partial charge is 0.128 e. The van der Waals surface area contributed by atoms with Crippen molar-refractivity contribution in [1.29, 1.82) is 0 Å². The fourth-order valence-electron chi connectivity index (χ4n) is 2.43. The number of aromatic nitrogens is 2. The van der Waals surface area contributed by atoms with E-state index in [1.807, 2.05) is 25.1 Å². The maximum Gasteiger partial charge on any atom is 0.128 e. The third-order valence-electron chi connectivity index (χ3n) is 3.48. The normalized spacial score (nSPS) is 14.9. The summed E-state index contributed by atoms with van der Waals surface area (Å²) in [5, 5.41) is 0.593. The van der Waals surface area contributed by atoms with Crippen molar-refractivity contribution < 1.29 is 0 Å². The van der Waals surface area contributed by atoms with Crippen molar-refractivity contribution in [1.82, 2.24) is 14.5 Å². The number of fused-ring (bicyclic) bond motifs is 1. The van der Waals surface area contributed by atoms with E-state index in [9.17, 15) is 0 Å². The van der Waals surface area contributed by atoms with Gasteiger partial charge in [-0.05, 0) is 53.0 Å². The van der Waals surface area contributed by atoms with Crippen molar-refractivity contribution in [2.75, 3.05) is 20.6 Å². The first-order valence-corrected chi connectivity index (χ1v) is 7.68. The zero-order chi connectivity index (χ0) is 14.9. The van der Waals surface area contributed by atoms with Crippen molar-refractivity contribution in [2.45, 2.75) is 31.7 Å². The van der Waals surface area contributed by atoms with E-state index in [0.717, 1.165) is 34.8 Å². The highest BCUT2D eigenvalue weighted by molar-refractivity contribution is 6.35. The van der Waals surface area contributed by atoms with Crippen LogP contribution in [0.5, 0.6) is 0 Å². The second-order valence-corrected chi connectivity index (χ2v) is 6.57. The van der Waals surface area contributed by atoms with Gasteiger partial charge in [-0.25, -0.2) is 4.98 Å². The topological polar surface area (TPSA) is 21.1 Å². The zero-order valence-electron chi connectivity index (χ0n) is 12.4. The number of hydrogen-bond acceptors (Lipinski definition) is 2. The Morgan fingerprint density at radius 1 is 1.30 bits per heavy atom. The van der Waals surface area contributed by atoms with Crippen LogP contribution in [0.3, 0.4) is 0 Å². The Hall–Kier alpha value is -0.770. The molecule has 0 saturated carbocycles. The maximum atomic E-state index is 6.37. The lowest BCUT2D eigenvalue weighted by atomic mass is 10.2. The molecule has 0 radical (unpaired) electrons. The molecule has 0 saturated heterocycles. The van der Waals surface area contributed by atoms with Crippen LogP contribution < -0.4 is 0 Å². The van der Waals surface area contributed by atoms with Gasteiger partial charge in [0.15, 0.2) is 0 Å². The van der Waals surface area contributed by atoms with E-state index in [1.165, 1.54) is 0 Å². The standard InChI is InChI=1S/C15H21Cl2N3/c1-10(8-9-19(3)4)20-14-12(17)6-5-7-13(14)18-15(20)11(2)16/h5-7,10-11H,8-9H2,1-4H3. The van der Waals surface area contributed by atoms with Crippen LogP contribution in [0.25, 0.3) is 11.0 Å². The minimum absolute atomic E-state index is 0.139. The molecule has 1 heterocycles. The number of halogens is 2. The molecule has 20 heavy (non-hydrogen) atoms. The molecule has 0 aliphatic rings. The third-order valence-corrected chi connectivity index (χ3v) is 3.98. The van der Waals surface area contributed by atoms with Gasteiger partial charge in [-0.2, -0.15) is 0 Å². The van der Waals surface area contributed by atoms with Crippen LogP contribution in [0.1, 0.15) is 37.5 Å². The quantitative estimate of drug-likeness (QED) is 0.758. The molecule has 1 aromatic heterocycles. The largest absolute Gasteiger partial charge is 0.323 e. The SMILES string of the molecule is CC(Cl)c1nc2cccc(Cl)c2n1C(C)CCN(C)C. The summed E-state index contributed by atoms with van der Waals surface area (Å²) >= 11 is 12.7. The van der Waals surface area contributed by atoms with E-state index < -0.39 is 0 Å². The Bertz CT molecular complexity index is 590. The molecule has 3 nitrogen and oxygen atoms in total. The molecular weight excluding hydrogens is 293 g/mol. The summed E-state index contributed by atoms with van der Waals surface area (Å²) in [5.74, 6) is 0.890. The van der Waals surface area contributed by atoms with Crippen molar-refractivity contribution in [2.24, 2.45) is 0 Å². The van der Waals surface area contributed by atoms with Gasteiger partial charge in [0.2, 0.25) is 0 Å². The predicted octanol–water partition coefficient (Wildman–Crippen LogP) is 4.50. The molecule has 2 atom stereocenters. The van der Waals surface area contributed by atoms with Gasteiger partial charge in [-0.3, -0.25) is 0 Å². The second kappa shape index (κ2) is 6.33. The lowest BCUT2D eigenvalue weighted by Gasteiger charge is -2.21. The van der Waals surface area contributed by atoms with Gasteiger partial charge in [0.25, 0.3) is 0 Å². The molecule has 2 unspecified atom stereocenters. The van der Waals surface area contributed by atoms with Crippen molar-refractivity contribution in [3.8, 4) is 0 Å². The van der Waals surface area contributed by atoms with Crippen LogP contribution in [-0.4, -0.2) is 35.1 Å². The highest BCUT2D eigenvalue weighted by Gasteiger charge is 2.20. The Labute approximate surface area is 130 Å². The first-order chi connectivity index (χ1) is 9.41. The fourth-order valence-corrected chi connectivity index (χ4v) is 2.84. The molecule has 110 valence electrons. The number of imidazole rings is 1. The monoisotopic (exact) mass is 313 g/mol. The molecule has 2 aromatic rings. The number of benzene rings is 1. The highest BCUT2D eigenvalue weighted by Crippen LogP contribution is 2.32. The first kappa shape index (κ1) is 15.6.